The Morgan fingerprint density at radius 1 is 1.15 bits per heavy atom. The van der Waals surface area contributed by atoms with E-state index in [1.807, 2.05) is 13.8 Å². The van der Waals surface area contributed by atoms with Crippen molar-refractivity contribution in [2.45, 2.75) is 20.3 Å². The van der Waals surface area contributed by atoms with Crippen LogP contribution in [-0.4, -0.2) is 16.5 Å². The second kappa shape index (κ2) is 6.52. The van der Waals surface area contributed by atoms with Crippen molar-refractivity contribution in [1.82, 2.24) is 9.97 Å². The number of benzene rings is 1. The molecule has 0 saturated carbocycles. The third-order valence-corrected chi connectivity index (χ3v) is 2.95. The normalized spacial score (nSPS) is 10.4. The molecule has 2 aromatic rings. The highest BCUT2D eigenvalue weighted by atomic mass is 35.5. The van der Waals surface area contributed by atoms with Crippen LogP contribution in [0.5, 0.6) is 0 Å². The zero-order valence-electron chi connectivity index (χ0n) is 11.4. The van der Waals surface area contributed by atoms with Gasteiger partial charge in [-0.2, -0.15) is 0 Å². The lowest BCUT2D eigenvalue weighted by molar-refractivity contribution is 0.628. The van der Waals surface area contributed by atoms with E-state index in [-0.39, 0.29) is 5.82 Å². The monoisotopic (exact) mass is 294 g/mol. The second-order valence-corrected chi connectivity index (χ2v) is 4.59. The van der Waals surface area contributed by atoms with Crippen molar-refractivity contribution in [3.63, 3.8) is 0 Å². The minimum Gasteiger partial charge on any atom is -0.370 e. The number of aromatic nitrogens is 2. The molecule has 0 bridgehead atoms. The number of anilines is 3. The van der Waals surface area contributed by atoms with Gasteiger partial charge in [-0.3, -0.25) is 0 Å². The van der Waals surface area contributed by atoms with Crippen LogP contribution in [0.3, 0.4) is 0 Å². The Morgan fingerprint density at radius 3 is 2.55 bits per heavy atom. The van der Waals surface area contributed by atoms with Crippen LogP contribution >= 0.6 is 11.6 Å². The predicted molar refractivity (Wildman–Crippen MR) is 80.3 cm³/mol. The first-order valence-electron chi connectivity index (χ1n) is 6.46. The molecule has 0 atom stereocenters. The van der Waals surface area contributed by atoms with Gasteiger partial charge < -0.3 is 10.6 Å². The molecule has 0 aliphatic rings. The zero-order chi connectivity index (χ0) is 14.5. The fourth-order valence-electron chi connectivity index (χ4n) is 1.72. The molecule has 4 nitrogen and oxygen atoms in total. The van der Waals surface area contributed by atoms with Crippen LogP contribution < -0.4 is 10.6 Å². The van der Waals surface area contributed by atoms with Crippen LogP contribution in [0.2, 0.25) is 5.02 Å². The van der Waals surface area contributed by atoms with Crippen molar-refractivity contribution in [3.05, 3.63) is 40.9 Å². The lowest BCUT2D eigenvalue weighted by Crippen LogP contribution is -2.05. The Balaban J connectivity index is 2.29. The van der Waals surface area contributed by atoms with Gasteiger partial charge in [-0.05, 0) is 25.1 Å². The summed E-state index contributed by atoms with van der Waals surface area (Å²) in [7, 11) is 0. The maximum Gasteiger partial charge on any atom is 0.136 e. The summed E-state index contributed by atoms with van der Waals surface area (Å²) in [6.07, 6.45) is 0.727. The predicted octanol–water partition coefficient (Wildman–Crippen LogP) is 4.01. The fraction of sp³-hybridized carbons (Fsp3) is 0.286. The van der Waals surface area contributed by atoms with Gasteiger partial charge in [0.1, 0.15) is 23.3 Å². The van der Waals surface area contributed by atoms with Gasteiger partial charge in [0.2, 0.25) is 0 Å². The first-order valence-corrected chi connectivity index (χ1v) is 6.84. The average Bonchev–Trinajstić information content (AvgIpc) is 2.42. The molecular weight excluding hydrogens is 279 g/mol. The van der Waals surface area contributed by atoms with E-state index in [9.17, 15) is 4.39 Å². The molecule has 0 spiro atoms. The third-order valence-electron chi connectivity index (χ3n) is 2.64. The number of aryl methyl sites for hydroxylation is 1. The number of hydrogen-bond donors (Lipinski definition) is 2. The van der Waals surface area contributed by atoms with E-state index in [1.54, 1.807) is 12.1 Å². The SMILES string of the molecule is CCNc1cc(Nc2ccc(F)cc2Cl)nc(CC)n1. The standard InChI is InChI=1S/C14H16ClFN4/c1-3-12-19-13(17-4-2)8-14(20-12)18-11-6-5-9(16)7-10(11)15/h5-8H,3-4H2,1-2H3,(H2,17,18,19,20). The van der Waals surface area contributed by atoms with Gasteiger partial charge in [0.05, 0.1) is 10.7 Å². The van der Waals surface area contributed by atoms with E-state index in [0.29, 0.717) is 16.5 Å². The van der Waals surface area contributed by atoms with Gasteiger partial charge in [-0.1, -0.05) is 18.5 Å². The zero-order valence-corrected chi connectivity index (χ0v) is 12.1. The van der Waals surface area contributed by atoms with Crippen LogP contribution in [0.4, 0.5) is 21.7 Å². The molecule has 106 valence electrons. The molecule has 0 unspecified atom stereocenters. The molecule has 0 fully saturated rings. The van der Waals surface area contributed by atoms with Gasteiger partial charge in [-0.15, -0.1) is 0 Å². The number of nitrogens with zero attached hydrogens (tertiary/aromatic N) is 2. The molecule has 1 aromatic carbocycles. The Bertz CT molecular complexity index is 604. The lowest BCUT2D eigenvalue weighted by atomic mass is 10.3. The van der Waals surface area contributed by atoms with Gasteiger partial charge in [0, 0.05) is 19.0 Å². The van der Waals surface area contributed by atoms with Gasteiger partial charge in [-0.25, -0.2) is 14.4 Å². The minimum absolute atomic E-state index is 0.312. The van der Waals surface area contributed by atoms with E-state index < -0.39 is 0 Å². The Morgan fingerprint density at radius 2 is 1.90 bits per heavy atom. The summed E-state index contributed by atoms with van der Waals surface area (Å²) >= 11 is 5.99. The fourth-order valence-corrected chi connectivity index (χ4v) is 1.93. The summed E-state index contributed by atoms with van der Waals surface area (Å²) in [6, 6.07) is 5.99. The van der Waals surface area contributed by atoms with Crippen LogP contribution in [0.1, 0.15) is 19.7 Å². The van der Waals surface area contributed by atoms with Gasteiger partial charge in [0.15, 0.2) is 0 Å². The molecule has 20 heavy (non-hydrogen) atoms. The number of halogens is 2. The third kappa shape index (κ3) is 3.57. The Labute approximate surface area is 122 Å². The van der Waals surface area contributed by atoms with E-state index >= 15 is 0 Å². The van der Waals surface area contributed by atoms with Crippen molar-refractivity contribution in [3.8, 4) is 0 Å². The van der Waals surface area contributed by atoms with Crippen molar-refractivity contribution in [1.29, 1.82) is 0 Å². The molecule has 0 aliphatic heterocycles. The van der Waals surface area contributed by atoms with Crippen molar-refractivity contribution in [2.24, 2.45) is 0 Å². The largest absolute Gasteiger partial charge is 0.370 e. The molecule has 1 aromatic heterocycles. The van der Waals surface area contributed by atoms with Crippen LogP contribution in [0, 0.1) is 5.82 Å². The first kappa shape index (κ1) is 14.5. The van der Waals surface area contributed by atoms with Crippen LogP contribution in [-0.2, 0) is 6.42 Å². The highest BCUT2D eigenvalue weighted by molar-refractivity contribution is 6.33. The van der Waals surface area contributed by atoms with E-state index in [0.717, 1.165) is 24.6 Å². The van der Waals surface area contributed by atoms with Gasteiger partial charge in [0.25, 0.3) is 0 Å². The maximum absolute atomic E-state index is 13.0. The lowest BCUT2D eigenvalue weighted by Gasteiger charge is -2.11. The highest BCUT2D eigenvalue weighted by Gasteiger charge is 2.06. The minimum atomic E-state index is -0.370. The summed E-state index contributed by atoms with van der Waals surface area (Å²) in [5.41, 5.74) is 0.608. The molecule has 0 amide bonds. The van der Waals surface area contributed by atoms with Crippen molar-refractivity contribution < 1.29 is 4.39 Å². The second-order valence-electron chi connectivity index (χ2n) is 4.19. The average molecular weight is 295 g/mol. The van der Waals surface area contributed by atoms with Crippen molar-refractivity contribution in [2.75, 3.05) is 17.2 Å². The summed E-state index contributed by atoms with van der Waals surface area (Å²) in [4.78, 5) is 8.74. The maximum atomic E-state index is 13.0. The molecule has 2 N–H and O–H groups in total. The summed E-state index contributed by atoms with van der Waals surface area (Å²) < 4.78 is 13.0. The Kier molecular flexibility index (Phi) is 4.74. The molecule has 6 heteroatoms. The van der Waals surface area contributed by atoms with Crippen LogP contribution in [0.15, 0.2) is 24.3 Å². The number of nitrogens with one attached hydrogen (secondary N) is 2. The van der Waals surface area contributed by atoms with Gasteiger partial charge >= 0.3 is 0 Å². The molecular formula is C14H16ClFN4. The van der Waals surface area contributed by atoms with E-state index in [4.69, 9.17) is 11.6 Å². The number of rotatable bonds is 5. The van der Waals surface area contributed by atoms with E-state index in [1.165, 1.54) is 12.1 Å². The summed E-state index contributed by atoms with van der Waals surface area (Å²) in [5, 5.41) is 6.54. The van der Waals surface area contributed by atoms with E-state index in [2.05, 4.69) is 20.6 Å². The molecule has 1 heterocycles. The Hall–Kier alpha value is -1.88. The molecule has 0 saturated heterocycles. The topological polar surface area (TPSA) is 49.8 Å². The number of hydrogen-bond acceptors (Lipinski definition) is 4. The summed E-state index contributed by atoms with van der Waals surface area (Å²) in [5.74, 6) is 1.73. The summed E-state index contributed by atoms with van der Waals surface area (Å²) in [6.45, 7) is 4.76. The molecule has 0 aliphatic carbocycles. The molecule has 2 rings (SSSR count). The van der Waals surface area contributed by atoms with Crippen LogP contribution in [0.25, 0.3) is 0 Å². The highest BCUT2D eigenvalue weighted by Crippen LogP contribution is 2.26. The quantitative estimate of drug-likeness (QED) is 0.875. The smallest absolute Gasteiger partial charge is 0.136 e. The van der Waals surface area contributed by atoms with Crippen molar-refractivity contribution >= 4 is 28.9 Å². The first-order chi connectivity index (χ1) is 9.62. The molecule has 0 radical (unpaired) electrons.